The highest BCUT2D eigenvalue weighted by Crippen LogP contribution is 2.65. The number of nitrogens with zero attached hydrogens (tertiary/aromatic N) is 2. The summed E-state index contributed by atoms with van der Waals surface area (Å²) >= 11 is 32.6. The molecule has 1 fully saturated rings. The summed E-state index contributed by atoms with van der Waals surface area (Å²) in [7, 11) is 0. The van der Waals surface area contributed by atoms with Crippen LogP contribution in [-0.2, 0) is 11.2 Å². The van der Waals surface area contributed by atoms with Crippen molar-refractivity contribution in [3.05, 3.63) is 68.4 Å². The molecule has 0 radical (unpaired) electrons. The fourth-order valence-electron chi connectivity index (χ4n) is 3.55. The lowest BCUT2D eigenvalue weighted by Crippen LogP contribution is -2.17. The van der Waals surface area contributed by atoms with Gasteiger partial charge in [-0.15, -0.1) is 28.3 Å². The van der Waals surface area contributed by atoms with E-state index in [-0.39, 0.29) is 22.8 Å². The summed E-state index contributed by atoms with van der Waals surface area (Å²) in [5.41, 5.74) is 1.30. The molecule has 2 aromatic carbocycles. The Morgan fingerprint density at radius 3 is 2.45 bits per heavy atom. The van der Waals surface area contributed by atoms with Gasteiger partial charge in [0.2, 0.25) is 11.1 Å². The van der Waals surface area contributed by atoms with Crippen LogP contribution < -0.4 is 5.32 Å². The maximum absolute atomic E-state index is 12.9. The average Bonchev–Trinajstić information content (AvgIpc) is 3.07. The molecular formula is C21H15Cl5N4O2S. The van der Waals surface area contributed by atoms with Gasteiger partial charge in [-0.25, -0.2) is 4.98 Å². The first-order valence-electron chi connectivity index (χ1n) is 9.53. The zero-order chi connectivity index (χ0) is 23.9. The van der Waals surface area contributed by atoms with Crippen LogP contribution in [0.5, 0.6) is 0 Å². The SMILES string of the molecule is CSc1n[nH]c(CC(=O)c2cc(NC(=O)C3C(c4cc(Cl)cc(Cl)c4)C3(Cl)Cl)ccc2Cl)n1. The number of benzene rings is 2. The number of amides is 1. The molecule has 6 nitrogen and oxygen atoms in total. The molecular weight excluding hydrogens is 550 g/mol. The van der Waals surface area contributed by atoms with E-state index < -0.39 is 22.1 Å². The fourth-order valence-corrected chi connectivity index (χ4v) is 5.49. The molecule has 1 aliphatic carbocycles. The molecule has 33 heavy (non-hydrogen) atoms. The van der Waals surface area contributed by atoms with Crippen molar-refractivity contribution in [2.45, 2.75) is 21.8 Å². The van der Waals surface area contributed by atoms with Gasteiger partial charge in [-0.05, 0) is 48.2 Å². The van der Waals surface area contributed by atoms with Crippen LogP contribution in [0.1, 0.15) is 27.7 Å². The van der Waals surface area contributed by atoms with Crippen molar-refractivity contribution < 1.29 is 9.59 Å². The fraction of sp³-hybridized carbons (Fsp3) is 0.238. The monoisotopic (exact) mass is 562 g/mol. The lowest BCUT2D eigenvalue weighted by atomic mass is 10.1. The number of aromatic nitrogens is 3. The molecule has 2 N–H and O–H groups in total. The lowest BCUT2D eigenvalue weighted by molar-refractivity contribution is -0.117. The van der Waals surface area contributed by atoms with Gasteiger partial charge in [-0.3, -0.25) is 14.7 Å². The third-order valence-electron chi connectivity index (χ3n) is 5.14. The molecule has 0 bridgehead atoms. The van der Waals surface area contributed by atoms with Gasteiger partial charge in [0.05, 0.1) is 17.4 Å². The third kappa shape index (κ3) is 5.29. The van der Waals surface area contributed by atoms with E-state index >= 15 is 0 Å². The van der Waals surface area contributed by atoms with E-state index in [9.17, 15) is 9.59 Å². The Kier molecular flexibility index (Phi) is 7.20. The maximum Gasteiger partial charge on any atom is 0.231 e. The zero-order valence-electron chi connectivity index (χ0n) is 16.8. The molecule has 1 amide bonds. The van der Waals surface area contributed by atoms with Crippen LogP contribution >= 0.6 is 69.8 Å². The molecule has 1 heterocycles. The number of carbonyl (C=O) groups is 2. The minimum Gasteiger partial charge on any atom is -0.326 e. The summed E-state index contributed by atoms with van der Waals surface area (Å²) in [6.45, 7) is 0. The topological polar surface area (TPSA) is 87.7 Å². The maximum atomic E-state index is 12.9. The zero-order valence-corrected chi connectivity index (χ0v) is 21.4. The van der Waals surface area contributed by atoms with Gasteiger partial charge >= 0.3 is 0 Å². The summed E-state index contributed by atoms with van der Waals surface area (Å²) in [6, 6.07) is 9.57. The molecule has 2 unspecified atom stereocenters. The van der Waals surface area contributed by atoms with Crippen molar-refractivity contribution in [3.63, 3.8) is 0 Å². The van der Waals surface area contributed by atoms with E-state index in [1.807, 2.05) is 6.26 Å². The third-order valence-corrected chi connectivity index (χ3v) is 7.39. The highest BCUT2D eigenvalue weighted by atomic mass is 35.5. The van der Waals surface area contributed by atoms with Gasteiger partial charge < -0.3 is 5.32 Å². The van der Waals surface area contributed by atoms with E-state index in [4.69, 9.17) is 58.0 Å². The summed E-state index contributed by atoms with van der Waals surface area (Å²) in [5.74, 6) is -1.47. The van der Waals surface area contributed by atoms with Crippen LogP contribution in [-0.4, -0.2) is 37.5 Å². The van der Waals surface area contributed by atoms with Crippen LogP contribution in [0.15, 0.2) is 41.6 Å². The van der Waals surface area contributed by atoms with Gasteiger partial charge in [0.15, 0.2) is 5.78 Å². The molecule has 0 spiro atoms. The minimum absolute atomic E-state index is 0.0165. The second-order valence-corrected chi connectivity index (χ2v) is 10.9. The predicted molar refractivity (Wildman–Crippen MR) is 133 cm³/mol. The Morgan fingerprint density at radius 2 is 1.82 bits per heavy atom. The molecule has 172 valence electrons. The van der Waals surface area contributed by atoms with E-state index in [1.165, 1.54) is 23.9 Å². The van der Waals surface area contributed by atoms with Crippen LogP contribution in [0.4, 0.5) is 5.69 Å². The Balaban J connectivity index is 1.50. The van der Waals surface area contributed by atoms with Crippen molar-refractivity contribution in [1.29, 1.82) is 0 Å². The van der Waals surface area contributed by atoms with E-state index in [0.29, 0.717) is 32.3 Å². The van der Waals surface area contributed by atoms with Gasteiger partial charge in [-0.2, -0.15) is 0 Å². The van der Waals surface area contributed by atoms with E-state index in [1.54, 1.807) is 24.3 Å². The van der Waals surface area contributed by atoms with Crippen LogP contribution in [0.3, 0.4) is 0 Å². The predicted octanol–water partition coefficient (Wildman–Crippen LogP) is 6.44. The van der Waals surface area contributed by atoms with Gasteiger partial charge in [0, 0.05) is 27.2 Å². The number of halogens is 5. The number of aromatic amines is 1. The molecule has 0 saturated heterocycles. The van der Waals surface area contributed by atoms with E-state index in [2.05, 4.69) is 20.5 Å². The number of rotatable bonds is 7. The molecule has 12 heteroatoms. The number of nitrogens with one attached hydrogen (secondary N) is 2. The van der Waals surface area contributed by atoms with Crippen molar-refractivity contribution in [1.82, 2.24) is 15.2 Å². The Bertz CT molecular complexity index is 1230. The Morgan fingerprint density at radius 1 is 1.12 bits per heavy atom. The first-order valence-corrected chi connectivity index (χ1v) is 12.6. The molecule has 1 aromatic heterocycles. The van der Waals surface area contributed by atoms with Gasteiger partial charge in [0.1, 0.15) is 10.2 Å². The largest absolute Gasteiger partial charge is 0.326 e. The highest BCUT2D eigenvalue weighted by Gasteiger charge is 2.67. The number of anilines is 1. The number of H-pyrrole nitrogens is 1. The average molecular weight is 565 g/mol. The smallest absolute Gasteiger partial charge is 0.231 e. The second kappa shape index (κ2) is 9.64. The van der Waals surface area contributed by atoms with Crippen molar-refractivity contribution in [3.8, 4) is 0 Å². The summed E-state index contributed by atoms with van der Waals surface area (Å²) < 4.78 is -1.32. The summed E-state index contributed by atoms with van der Waals surface area (Å²) in [5, 5.41) is 11.1. The van der Waals surface area contributed by atoms with Crippen molar-refractivity contribution in [2.24, 2.45) is 5.92 Å². The normalized spacial score (nSPS) is 18.7. The van der Waals surface area contributed by atoms with Crippen molar-refractivity contribution in [2.75, 3.05) is 11.6 Å². The number of ketones is 1. The number of alkyl halides is 2. The number of Topliss-reactive ketones (excluding diaryl/α,β-unsaturated/α-hetero) is 1. The first kappa shape index (κ1) is 24.6. The van der Waals surface area contributed by atoms with Crippen LogP contribution in [0.25, 0.3) is 0 Å². The molecule has 1 aliphatic rings. The van der Waals surface area contributed by atoms with Crippen LogP contribution in [0, 0.1) is 5.92 Å². The van der Waals surface area contributed by atoms with Crippen molar-refractivity contribution >= 4 is 87.1 Å². The Hall–Kier alpha value is -1.48. The minimum atomic E-state index is -1.32. The van der Waals surface area contributed by atoms with Gasteiger partial charge in [0.25, 0.3) is 0 Å². The van der Waals surface area contributed by atoms with E-state index in [0.717, 1.165) is 0 Å². The number of thioether (sulfide) groups is 1. The standard InChI is InChI=1S/C21H15Cl5N4O2S/c1-33-20-28-16(29-30-20)8-15(31)13-7-12(2-3-14(13)24)27-19(32)18-17(21(18,25)26)9-4-10(22)6-11(23)5-9/h2-7,17-18H,8H2,1H3,(H,27,32)(H,28,29,30). The molecule has 4 rings (SSSR count). The second-order valence-electron chi connectivity index (χ2n) is 7.39. The van der Waals surface area contributed by atoms with Crippen LogP contribution in [0.2, 0.25) is 15.1 Å². The molecule has 3 aromatic rings. The number of carbonyl (C=O) groups excluding carboxylic acids is 2. The molecule has 2 atom stereocenters. The quantitative estimate of drug-likeness (QED) is 0.196. The number of hydrogen-bond donors (Lipinski definition) is 2. The lowest BCUT2D eigenvalue weighted by Gasteiger charge is -2.09. The van der Waals surface area contributed by atoms with Gasteiger partial charge in [-0.1, -0.05) is 46.6 Å². The summed E-state index contributed by atoms with van der Waals surface area (Å²) in [4.78, 5) is 29.9. The molecule has 1 saturated carbocycles. The number of hydrogen-bond acceptors (Lipinski definition) is 5. The highest BCUT2D eigenvalue weighted by molar-refractivity contribution is 7.98. The summed E-state index contributed by atoms with van der Waals surface area (Å²) in [6.07, 6.45) is 1.82. The Labute approximate surface area is 218 Å². The molecule has 0 aliphatic heterocycles. The first-order chi connectivity index (χ1) is 15.6.